The van der Waals surface area contributed by atoms with Crippen molar-refractivity contribution >= 4 is 0 Å². The van der Waals surface area contributed by atoms with Gasteiger partial charge in [0.2, 0.25) is 0 Å². The van der Waals surface area contributed by atoms with Gasteiger partial charge < -0.3 is 5.32 Å². The molecule has 0 radical (unpaired) electrons. The highest BCUT2D eigenvalue weighted by atomic mass is 15.2. The van der Waals surface area contributed by atoms with Crippen molar-refractivity contribution in [2.75, 3.05) is 13.1 Å². The summed E-state index contributed by atoms with van der Waals surface area (Å²) in [6.45, 7) is 5.11. The second kappa shape index (κ2) is 4.66. The normalized spacial score (nSPS) is 41.4. The van der Waals surface area contributed by atoms with E-state index in [9.17, 15) is 0 Å². The topological polar surface area (TPSA) is 15.3 Å². The first-order valence-electron chi connectivity index (χ1n) is 7.33. The predicted molar refractivity (Wildman–Crippen MR) is 67.6 cm³/mol. The lowest BCUT2D eigenvalue weighted by Gasteiger charge is -2.32. The molecule has 3 aliphatic rings. The molecular weight excluding hydrogens is 196 g/mol. The third-order valence-corrected chi connectivity index (χ3v) is 4.84. The third kappa shape index (κ3) is 2.43. The molecule has 2 heteroatoms. The minimum Gasteiger partial charge on any atom is -0.310 e. The Balaban J connectivity index is 1.47. The second-order valence-corrected chi connectivity index (χ2v) is 6.25. The van der Waals surface area contributed by atoms with Crippen molar-refractivity contribution in [3.63, 3.8) is 0 Å². The van der Waals surface area contributed by atoms with Crippen molar-refractivity contribution in [2.45, 2.75) is 70.0 Å². The number of rotatable bonds is 3. The lowest BCUT2D eigenvalue weighted by Crippen LogP contribution is -2.44. The quantitative estimate of drug-likeness (QED) is 0.789. The molecule has 1 heterocycles. The Kier molecular flexibility index (Phi) is 3.21. The molecule has 16 heavy (non-hydrogen) atoms. The zero-order chi connectivity index (χ0) is 11.0. The Bertz CT molecular complexity index is 237. The fourth-order valence-electron chi connectivity index (χ4n) is 3.56. The van der Waals surface area contributed by atoms with E-state index >= 15 is 0 Å². The van der Waals surface area contributed by atoms with E-state index in [1.165, 1.54) is 58.0 Å². The molecule has 1 saturated heterocycles. The maximum Gasteiger partial charge on any atom is 0.0210 e. The van der Waals surface area contributed by atoms with Gasteiger partial charge in [-0.15, -0.1) is 0 Å². The molecule has 0 spiro atoms. The van der Waals surface area contributed by atoms with Crippen LogP contribution in [0.25, 0.3) is 0 Å². The molecule has 3 atom stereocenters. The largest absolute Gasteiger partial charge is 0.310 e. The lowest BCUT2D eigenvalue weighted by molar-refractivity contribution is 0.250. The first-order chi connectivity index (χ1) is 7.83. The molecule has 0 aromatic carbocycles. The van der Waals surface area contributed by atoms with Crippen LogP contribution in [0, 0.1) is 5.92 Å². The molecule has 0 bridgehead atoms. The number of nitrogens with one attached hydrogen (secondary N) is 1. The van der Waals surface area contributed by atoms with Gasteiger partial charge in [0, 0.05) is 31.2 Å². The molecular formula is C14H26N2. The monoisotopic (exact) mass is 222 g/mol. The van der Waals surface area contributed by atoms with Gasteiger partial charge >= 0.3 is 0 Å². The maximum atomic E-state index is 3.94. The van der Waals surface area contributed by atoms with E-state index in [2.05, 4.69) is 17.1 Å². The minimum absolute atomic E-state index is 0.797. The maximum absolute atomic E-state index is 3.94. The van der Waals surface area contributed by atoms with E-state index in [0.29, 0.717) is 0 Å². The SMILES string of the molecule is CC1CCCCC1NC1CCN(C2CC2)C1. The molecule has 3 rings (SSSR count). The first kappa shape index (κ1) is 11.0. The van der Waals surface area contributed by atoms with E-state index in [0.717, 1.165) is 24.0 Å². The summed E-state index contributed by atoms with van der Waals surface area (Å²) in [7, 11) is 0. The van der Waals surface area contributed by atoms with Gasteiger partial charge in [-0.3, -0.25) is 4.90 Å². The van der Waals surface area contributed by atoms with Gasteiger partial charge in [0.25, 0.3) is 0 Å². The highest BCUT2D eigenvalue weighted by Crippen LogP contribution is 2.31. The van der Waals surface area contributed by atoms with Crippen LogP contribution in [0.4, 0.5) is 0 Å². The molecule has 0 aromatic heterocycles. The highest BCUT2D eigenvalue weighted by molar-refractivity contribution is 4.93. The average Bonchev–Trinajstić information content (AvgIpc) is 3.03. The molecule has 2 saturated carbocycles. The standard InChI is InChI=1S/C14H26N2/c1-11-4-2-3-5-14(11)15-12-8-9-16(10-12)13-6-7-13/h11-15H,2-10H2,1H3. The van der Waals surface area contributed by atoms with E-state index in [4.69, 9.17) is 0 Å². The third-order valence-electron chi connectivity index (χ3n) is 4.84. The summed E-state index contributed by atoms with van der Waals surface area (Å²) in [4.78, 5) is 2.71. The fourth-order valence-corrected chi connectivity index (χ4v) is 3.56. The highest BCUT2D eigenvalue weighted by Gasteiger charge is 2.35. The summed E-state index contributed by atoms with van der Waals surface area (Å²) < 4.78 is 0. The van der Waals surface area contributed by atoms with E-state index in [1.54, 1.807) is 0 Å². The van der Waals surface area contributed by atoms with E-state index in [-0.39, 0.29) is 0 Å². The van der Waals surface area contributed by atoms with E-state index in [1.807, 2.05) is 0 Å². The van der Waals surface area contributed by atoms with Crippen LogP contribution < -0.4 is 5.32 Å². The zero-order valence-electron chi connectivity index (χ0n) is 10.6. The Morgan fingerprint density at radius 2 is 1.81 bits per heavy atom. The minimum atomic E-state index is 0.797. The van der Waals surface area contributed by atoms with Crippen molar-refractivity contribution in [1.82, 2.24) is 10.2 Å². The molecule has 0 aromatic rings. The van der Waals surface area contributed by atoms with Crippen LogP contribution in [0.1, 0.15) is 51.9 Å². The Labute approximate surface area is 99.8 Å². The average molecular weight is 222 g/mol. The van der Waals surface area contributed by atoms with Crippen LogP contribution in [0.3, 0.4) is 0 Å². The smallest absolute Gasteiger partial charge is 0.0210 e. The second-order valence-electron chi connectivity index (χ2n) is 6.25. The Morgan fingerprint density at radius 1 is 1.00 bits per heavy atom. The molecule has 2 nitrogen and oxygen atoms in total. The Morgan fingerprint density at radius 3 is 2.56 bits per heavy atom. The summed E-state index contributed by atoms with van der Waals surface area (Å²) in [6, 6.07) is 2.58. The molecule has 3 unspecified atom stereocenters. The molecule has 92 valence electrons. The van der Waals surface area contributed by atoms with Crippen LogP contribution in [-0.4, -0.2) is 36.1 Å². The molecule has 0 amide bonds. The number of hydrogen-bond donors (Lipinski definition) is 1. The van der Waals surface area contributed by atoms with Crippen LogP contribution >= 0.6 is 0 Å². The number of nitrogens with zero attached hydrogens (tertiary/aromatic N) is 1. The zero-order valence-corrected chi connectivity index (χ0v) is 10.6. The van der Waals surface area contributed by atoms with Gasteiger partial charge in [0.1, 0.15) is 0 Å². The predicted octanol–water partition coefficient (Wildman–Crippen LogP) is 2.39. The summed E-state index contributed by atoms with van der Waals surface area (Å²) in [5.74, 6) is 0.906. The van der Waals surface area contributed by atoms with Gasteiger partial charge in [-0.1, -0.05) is 19.8 Å². The summed E-state index contributed by atoms with van der Waals surface area (Å²) in [5.41, 5.74) is 0. The summed E-state index contributed by atoms with van der Waals surface area (Å²) in [5, 5.41) is 3.94. The van der Waals surface area contributed by atoms with E-state index < -0.39 is 0 Å². The van der Waals surface area contributed by atoms with Crippen molar-refractivity contribution < 1.29 is 0 Å². The lowest BCUT2D eigenvalue weighted by atomic mass is 9.85. The Hall–Kier alpha value is -0.0800. The van der Waals surface area contributed by atoms with Crippen molar-refractivity contribution in [2.24, 2.45) is 5.92 Å². The van der Waals surface area contributed by atoms with Crippen LogP contribution in [0.5, 0.6) is 0 Å². The summed E-state index contributed by atoms with van der Waals surface area (Å²) in [6.07, 6.45) is 10.1. The van der Waals surface area contributed by atoms with Crippen LogP contribution in [-0.2, 0) is 0 Å². The molecule has 3 fully saturated rings. The number of likely N-dealkylation sites (tertiary alicyclic amines) is 1. The molecule has 2 aliphatic carbocycles. The van der Waals surface area contributed by atoms with Crippen molar-refractivity contribution in [3.8, 4) is 0 Å². The summed E-state index contributed by atoms with van der Waals surface area (Å²) >= 11 is 0. The number of hydrogen-bond acceptors (Lipinski definition) is 2. The van der Waals surface area contributed by atoms with Gasteiger partial charge in [-0.05, 0) is 38.0 Å². The van der Waals surface area contributed by atoms with Gasteiger partial charge in [-0.25, -0.2) is 0 Å². The molecule has 1 N–H and O–H groups in total. The van der Waals surface area contributed by atoms with Crippen molar-refractivity contribution in [3.05, 3.63) is 0 Å². The van der Waals surface area contributed by atoms with Gasteiger partial charge in [-0.2, -0.15) is 0 Å². The van der Waals surface area contributed by atoms with Gasteiger partial charge in [0.05, 0.1) is 0 Å². The first-order valence-corrected chi connectivity index (χ1v) is 7.33. The molecule has 1 aliphatic heterocycles. The van der Waals surface area contributed by atoms with Crippen LogP contribution in [0.15, 0.2) is 0 Å². The fraction of sp³-hybridized carbons (Fsp3) is 1.00. The van der Waals surface area contributed by atoms with Crippen LogP contribution in [0.2, 0.25) is 0 Å². The van der Waals surface area contributed by atoms with Crippen molar-refractivity contribution in [1.29, 1.82) is 0 Å². The van der Waals surface area contributed by atoms with Gasteiger partial charge in [0.15, 0.2) is 0 Å².